The van der Waals surface area contributed by atoms with Gasteiger partial charge in [-0.15, -0.1) is 0 Å². The fourth-order valence-corrected chi connectivity index (χ4v) is 2.02. The maximum Gasteiger partial charge on any atom is 0.162 e. The Hall–Kier alpha value is -1.69. The first-order valence-corrected chi connectivity index (χ1v) is 6.12. The molecule has 6 heteroatoms. The second kappa shape index (κ2) is 5.97. The van der Waals surface area contributed by atoms with Gasteiger partial charge in [0, 0.05) is 23.8 Å². The number of nitrogens with one attached hydrogen (secondary N) is 1. The molecular formula is C13H15ClN4O. The summed E-state index contributed by atoms with van der Waals surface area (Å²) < 4.78 is 5.09. The molecule has 19 heavy (non-hydrogen) atoms. The van der Waals surface area contributed by atoms with Crippen LogP contribution in [0.25, 0.3) is 11.4 Å². The number of hydrogen-bond acceptors (Lipinski definition) is 5. The number of aryl methyl sites for hydroxylation is 1. The van der Waals surface area contributed by atoms with Gasteiger partial charge in [-0.05, 0) is 30.7 Å². The average Bonchev–Trinajstić information content (AvgIpc) is 2.38. The zero-order valence-electron chi connectivity index (χ0n) is 10.8. The molecule has 5 nitrogen and oxygen atoms in total. The number of nitrogens with zero attached hydrogens (tertiary/aromatic N) is 2. The molecule has 0 saturated carbocycles. The lowest BCUT2D eigenvalue weighted by atomic mass is 10.1. The Balaban J connectivity index is 2.51. The minimum atomic E-state index is 0.400. The van der Waals surface area contributed by atoms with Crippen LogP contribution in [0.15, 0.2) is 24.3 Å². The molecule has 0 amide bonds. The Morgan fingerprint density at radius 1 is 1.32 bits per heavy atom. The van der Waals surface area contributed by atoms with Gasteiger partial charge in [-0.1, -0.05) is 11.6 Å². The third kappa shape index (κ3) is 3.20. The van der Waals surface area contributed by atoms with Gasteiger partial charge in [0.25, 0.3) is 0 Å². The van der Waals surface area contributed by atoms with Crippen molar-refractivity contribution in [1.82, 2.24) is 9.97 Å². The zero-order chi connectivity index (χ0) is 13.8. The fourth-order valence-electron chi connectivity index (χ4n) is 1.79. The number of nitrogen functional groups attached to an aromatic ring is 1. The van der Waals surface area contributed by atoms with Crippen LogP contribution >= 0.6 is 11.6 Å². The van der Waals surface area contributed by atoms with Gasteiger partial charge in [-0.25, -0.2) is 15.8 Å². The molecule has 0 spiro atoms. The largest absolute Gasteiger partial charge is 0.378 e. The first-order valence-electron chi connectivity index (χ1n) is 5.74. The quantitative estimate of drug-likeness (QED) is 0.664. The van der Waals surface area contributed by atoms with Crippen LogP contribution in [-0.2, 0) is 11.3 Å². The van der Waals surface area contributed by atoms with Gasteiger partial charge in [0.15, 0.2) is 5.82 Å². The molecule has 0 aliphatic carbocycles. The number of hydrogen-bond donors (Lipinski definition) is 2. The number of anilines is 1. The average molecular weight is 279 g/mol. The highest BCUT2D eigenvalue weighted by atomic mass is 35.5. The first kappa shape index (κ1) is 13.7. The normalized spacial score (nSPS) is 10.5. The van der Waals surface area contributed by atoms with E-state index in [1.165, 1.54) is 0 Å². The van der Waals surface area contributed by atoms with E-state index in [4.69, 9.17) is 22.2 Å². The Morgan fingerprint density at radius 2 is 2.11 bits per heavy atom. The molecule has 0 radical (unpaired) electrons. The van der Waals surface area contributed by atoms with Crippen molar-refractivity contribution < 1.29 is 4.74 Å². The Labute approximate surface area is 116 Å². The molecule has 1 aromatic heterocycles. The van der Waals surface area contributed by atoms with Crippen LogP contribution in [0.3, 0.4) is 0 Å². The maximum atomic E-state index is 5.95. The summed E-state index contributed by atoms with van der Waals surface area (Å²) in [7, 11) is 1.62. The Bertz CT molecular complexity index is 589. The molecule has 0 aliphatic rings. The lowest BCUT2D eigenvalue weighted by Crippen LogP contribution is -2.11. The smallest absolute Gasteiger partial charge is 0.162 e. The molecule has 3 N–H and O–H groups in total. The molecule has 0 fully saturated rings. The third-order valence-corrected chi connectivity index (χ3v) is 2.88. The number of nitrogens with two attached hydrogens (primary N) is 1. The van der Waals surface area contributed by atoms with Crippen molar-refractivity contribution in [3.63, 3.8) is 0 Å². The number of halogens is 1. The van der Waals surface area contributed by atoms with Crippen LogP contribution in [0.1, 0.15) is 11.3 Å². The lowest BCUT2D eigenvalue weighted by molar-refractivity contribution is 0.181. The number of hydrazine groups is 1. The second-order valence-electron chi connectivity index (χ2n) is 4.10. The van der Waals surface area contributed by atoms with E-state index >= 15 is 0 Å². The number of methoxy groups -OCH3 is 1. The van der Waals surface area contributed by atoms with E-state index in [9.17, 15) is 0 Å². The summed E-state index contributed by atoms with van der Waals surface area (Å²) in [5.41, 5.74) is 5.21. The Morgan fingerprint density at radius 3 is 2.74 bits per heavy atom. The van der Waals surface area contributed by atoms with Gasteiger partial charge in [-0.2, -0.15) is 0 Å². The van der Waals surface area contributed by atoms with Crippen LogP contribution in [-0.4, -0.2) is 17.1 Å². The van der Waals surface area contributed by atoms with Gasteiger partial charge >= 0.3 is 0 Å². The van der Waals surface area contributed by atoms with Crippen molar-refractivity contribution in [3.05, 3.63) is 40.5 Å². The molecule has 0 saturated heterocycles. The maximum absolute atomic E-state index is 5.95. The van der Waals surface area contributed by atoms with Crippen molar-refractivity contribution in [2.45, 2.75) is 13.5 Å². The SMILES string of the molecule is COCc1cc(NN)nc(-c2ccc(Cl)cc2C)n1. The monoisotopic (exact) mass is 278 g/mol. The van der Waals surface area contributed by atoms with Crippen molar-refractivity contribution >= 4 is 17.4 Å². The summed E-state index contributed by atoms with van der Waals surface area (Å²) in [6.45, 7) is 2.36. The van der Waals surface area contributed by atoms with E-state index in [1.807, 2.05) is 25.1 Å². The molecule has 0 aliphatic heterocycles. The van der Waals surface area contributed by atoms with Crippen molar-refractivity contribution in [1.29, 1.82) is 0 Å². The molecule has 2 aromatic rings. The minimum absolute atomic E-state index is 0.400. The summed E-state index contributed by atoms with van der Waals surface area (Å²) >= 11 is 5.95. The second-order valence-corrected chi connectivity index (χ2v) is 4.54. The highest BCUT2D eigenvalue weighted by molar-refractivity contribution is 6.30. The summed E-state index contributed by atoms with van der Waals surface area (Å²) in [5.74, 6) is 6.56. The zero-order valence-corrected chi connectivity index (χ0v) is 11.5. The predicted octanol–water partition coefficient (Wildman–Crippen LogP) is 2.54. The van der Waals surface area contributed by atoms with Gasteiger partial charge in [-0.3, -0.25) is 0 Å². The lowest BCUT2D eigenvalue weighted by Gasteiger charge is -2.09. The highest BCUT2D eigenvalue weighted by Crippen LogP contribution is 2.24. The van der Waals surface area contributed by atoms with Crippen LogP contribution in [0, 0.1) is 6.92 Å². The molecule has 2 rings (SSSR count). The van der Waals surface area contributed by atoms with Crippen LogP contribution in [0.4, 0.5) is 5.82 Å². The number of rotatable bonds is 4. The van der Waals surface area contributed by atoms with Crippen molar-refractivity contribution in [2.24, 2.45) is 5.84 Å². The predicted molar refractivity (Wildman–Crippen MR) is 75.7 cm³/mol. The summed E-state index contributed by atoms with van der Waals surface area (Å²) in [6.07, 6.45) is 0. The third-order valence-electron chi connectivity index (χ3n) is 2.65. The van der Waals surface area contributed by atoms with Crippen LogP contribution in [0.2, 0.25) is 5.02 Å². The molecule has 0 atom stereocenters. The van der Waals surface area contributed by atoms with Gasteiger partial charge in [0.1, 0.15) is 5.82 Å². The molecule has 0 unspecified atom stereocenters. The van der Waals surface area contributed by atoms with E-state index in [0.29, 0.717) is 23.3 Å². The number of ether oxygens (including phenoxy) is 1. The summed E-state index contributed by atoms with van der Waals surface area (Å²) in [6, 6.07) is 7.33. The fraction of sp³-hybridized carbons (Fsp3) is 0.231. The standard InChI is InChI=1S/C13H15ClN4O/c1-8-5-9(14)3-4-11(8)13-16-10(7-19-2)6-12(17-13)18-15/h3-6H,7,15H2,1-2H3,(H,16,17,18). The van der Waals surface area contributed by atoms with Crippen LogP contribution < -0.4 is 11.3 Å². The van der Waals surface area contributed by atoms with Gasteiger partial charge in [0.05, 0.1) is 12.3 Å². The van der Waals surface area contributed by atoms with Crippen molar-refractivity contribution in [3.8, 4) is 11.4 Å². The van der Waals surface area contributed by atoms with E-state index in [-0.39, 0.29) is 0 Å². The van der Waals surface area contributed by atoms with E-state index in [1.54, 1.807) is 13.2 Å². The van der Waals surface area contributed by atoms with Crippen LogP contribution in [0.5, 0.6) is 0 Å². The summed E-state index contributed by atoms with van der Waals surface area (Å²) in [5, 5.41) is 0.687. The molecule has 100 valence electrons. The topological polar surface area (TPSA) is 73.1 Å². The molecular weight excluding hydrogens is 264 g/mol. The molecule has 1 aromatic carbocycles. The minimum Gasteiger partial charge on any atom is -0.378 e. The summed E-state index contributed by atoms with van der Waals surface area (Å²) in [4.78, 5) is 8.81. The Kier molecular flexibility index (Phi) is 4.31. The first-order chi connectivity index (χ1) is 9.13. The van der Waals surface area contributed by atoms with Gasteiger partial charge < -0.3 is 10.2 Å². The molecule has 1 heterocycles. The van der Waals surface area contributed by atoms with E-state index in [0.717, 1.165) is 16.8 Å². The van der Waals surface area contributed by atoms with Gasteiger partial charge in [0.2, 0.25) is 0 Å². The number of benzene rings is 1. The molecule has 0 bridgehead atoms. The van der Waals surface area contributed by atoms with Crippen molar-refractivity contribution in [2.75, 3.05) is 12.5 Å². The highest BCUT2D eigenvalue weighted by Gasteiger charge is 2.09. The number of aromatic nitrogens is 2. The van der Waals surface area contributed by atoms with E-state index < -0.39 is 0 Å². The van der Waals surface area contributed by atoms with E-state index in [2.05, 4.69) is 15.4 Å².